The van der Waals surface area contributed by atoms with E-state index in [1.807, 2.05) is 57.2 Å². The SMILES string of the molecule is CCCCOC(=O)/C=C/c1ccc(-c2ccc(OC(=O)c3ccc(OCCOCCOC(=O)C(C)CC)cc3)cc2)cc1. The summed E-state index contributed by atoms with van der Waals surface area (Å²) in [5, 5.41) is 0. The van der Waals surface area contributed by atoms with Gasteiger partial charge in [-0.25, -0.2) is 9.59 Å². The van der Waals surface area contributed by atoms with Crippen molar-refractivity contribution >= 4 is 24.0 Å². The molecule has 1 unspecified atom stereocenters. The van der Waals surface area contributed by atoms with Crippen molar-refractivity contribution in [3.05, 3.63) is 90.0 Å². The van der Waals surface area contributed by atoms with Crippen LogP contribution >= 0.6 is 0 Å². The molecular weight excluding hydrogens is 548 g/mol. The van der Waals surface area contributed by atoms with E-state index >= 15 is 0 Å². The molecule has 3 aromatic rings. The molecule has 0 radical (unpaired) electrons. The van der Waals surface area contributed by atoms with E-state index in [-0.39, 0.29) is 24.5 Å². The number of benzene rings is 3. The first kappa shape index (κ1) is 33.1. The lowest BCUT2D eigenvalue weighted by Gasteiger charge is -2.10. The lowest BCUT2D eigenvalue weighted by molar-refractivity contribution is -0.149. The van der Waals surface area contributed by atoms with Gasteiger partial charge < -0.3 is 23.7 Å². The molecule has 0 aromatic heterocycles. The molecule has 3 aromatic carbocycles. The Morgan fingerprint density at radius 1 is 0.721 bits per heavy atom. The molecule has 0 saturated heterocycles. The van der Waals surface area contributed by atoms with Crippen LogP contribution in [0.1, 0.15) is 56.0 Å². The molecule has 0 amide bonds. The van der Waals surface area contributed by atoms with Crippen LogP contribution < -0.4 is 9.47 Å². The average Bonchev–Trinajstić information content (AvgIpc) is 3.03. The third-order valence-electron chi connectivity index (χ3n) is 6.54. The molecule has 0 spiro atoms. The number of rotatable bonds is 17. The summed E-state index contributed by atoms with van der Waals surface area (Å²) in [6, 6.07) is 21.7. The summed E-state index contributed by atoms with van der Waals surface area (Å²) in [4.78, 5) is 36.0. The second kappa shape index (κ2) is 18.2. The summed E-state index contributed by atoms with van der Waals surface area (Å²) in [7, 11) is 0. The second-order valence-electron chi connectivity index (χ2n) is 9.85. The van der Waals surface area contributed by atoms with Gasteiger partial charge in [-0.1, -0.05) is 63.6 Å². The van der Waals surface area contributed by atoms with Crippen LogP contribution in [0.5, 0.6) is 11.5 Å². The fraction of sp³-hybridized carbons (Fsp3) is 0.343. The van der Waals surface area contributed by atoms with Crippen molar-refractivity contribution in [2.24, 2.45) is 5.92 Å². The standard InChI is InChI=1S/C35H40O8/c1-4-6-21-41-33(36)20-9-27-7-10-28(11-8-27)29-12-18-32(19-13-29)43-35(38)30-14-16-31(17-15-30)40-24-22-39-23-25-42-34(37)26(3)5-2/h7-20,26H,4-6,21-25H2,1-3H3/b20-9+. The van der Waals surface area contributed by atoms with E-state index in [9.17, 15) is 14.4 Å². The van der Waals surface area contributed by atoms with E-state index in [2.05, 4.69) is 0 Å². The second-order valence-corrected chi connectivity index (χ2v) is 9.85. The van der Waals surface area contributed by atoms with Crippen LogP contribution in [0.25, 0.3) is 17.2 Å². The molecule has 0 aliphatic carbocycles. The fourth-order valence-electron chi connectivity index (χ4n) is 3.72. The number of unbranched alkanes of at least 4 members (excludes halogenated alkanes) is 1. The zero-order valence-corrected chi connectivity index (χ0v) is 25.1. The van der Waals surface area contributed by atoms with Gasteiger partial charge in [0.05, 0.1) is 31.3 Å². The van der Waals surface area contributed by atoms with Gasteiger partial charge in [0.15, 0.2) is 0 Å². The largest absolute Gasteiger partial charge is 0.491 e. The maximum atomic E-state index is 12.6. The lowest BCUT2D eigenvalue weighted by Crippen LogP contribution is -2.18. The molecule has 0 bridgehead atoms. The zero-order chi connectivity index (χ0) is 30.9. The summed E-state index contributed by atoms with van der Waals surface area (Å²) in [6.07, 6.45) is 5.74. The minimum atomic E-state index is -0.473. The molecular formula is C35H40O8. The first-order chi connectivity index (χ1) is 20.9. The van der Waals surface area contributed by atoms with Crippen LogP contribution in [-0.4, -0.2) is 50.9 Å². The first-order valence-electron chi connectivity index (χ1n) is 14.6. The van der Waals surface area contributed by atoms with Crippen molar-refractivity contribution in [1.29, 1.82) is 0 Å². The van der Waals surface area contributed by atoms with E-state index in [4.69, 9.17) is 23.7 Å². The smallest absolute Gasteiger partial charge is 0.343 e. The van der Waals surface area contributed by atoms with E-state index in [0.29, 0.717) is 43.5 Å². The number of carbonyl (C=O) groups excluding carboxylic acids is 3. The fourth-order valence-corrected chi connectivity index (χ4v) is 3.72. The Bertz CT molecular complexity index is 1310. The van der Waals surface area contributed by atoms with Crippen LogP contribution in [0.15, 0.2) is 78.9 Å². The average molecular weight is 589 g/mol. The molecule has 43 heavy (non-hydrogen) atoms. The van der Waals surface area contributed by atoms with Crippen LogP contribution in [0.2, 0.25) is 0 Å². The van der Waals surface area contributed by atoms with Crippen molar-refractivity contribution < 1.29 is 38.1 Å². The Labute approximate surface area is 253 Å². The highest BCUT2D eigenvalue weighted by Crippen LogP contribution is 2.24. The molecule has 1 atom stereocenters. The lowest BCUT2D eigenvalue weighted by atomic mass is 10.0. The third-order valence-corrected chi connectivity index (χ3v) is 6.54. The Hall–Kier alpha value is -4.43. The van der Waals surface area contributed by atoms with Gasteiger partial charge in [-0.15, -0.1) is 0 Å². The Balaban J connectivity index is 1.40. The summed E-state index contributed by atoms with van der Waals surface area (Å²) >= 11 is 0. The van der Waals surface area contributed by atoms with Gasteiger partial charge >= 0.3 is 17.9 Å². The maximum Gasteiger partial charge on any atom is 0.343 e. The number of ether oxygens (including phenoxy) is 5. The van der Waals surface area contributed by atoms with Crippen LogP contribution in [-0.2, 0) is 23.8 Å². The molecule has 3 rings (SSSR count). The molecule has 0 fully saturated rings. The predicted octanol–water partition coefficient (Wildman–Crippen LogP) is 6.91. The van der Waals surface area contributed by atoms with Crippen LogP contribution in [0.4, 0.5) is 0 Å². The Morgan fingerprint density at radius 3 is 2.00 bits per heavy atom. The molecule has 0 heterocycles. The molecule has 228 valence electrons. The summed E-state index contributed by atoms with van der Waals surface area (Å²) in [5.74, 6) is -0.109. The maximum absolute atomic E-state index is 12.6. The van der Waals surface area contributed by atoms with E-state index in [0.717, 1.165) is 36.0 Å². The predicted molar refractivity (Wildman–Crippen MR) is 165 cm³/mol. The van der Waals surface area contributed by atoms with Crippen molar-refractivity contribution in [3.8, 4) is 22.6 Å². The topological polar surface area (TPSA) is 97.4 Å². The van der Waals surface area contributed by atoms with Crippen molar-refractivity contribution in [2.75, 3.05) is 33.0 Å². The first-order valence-corrected chi connectivity index (χ1v) is 14.6. The molecule has 8 nitrogen and oxygen atoms in total. The Kier molecular flexibility index (Phi) is 14.0. The number of carbonyl (C=O) groups is 3. The zero-order valence-electron chi connectivity index (χ0n) is 25.1. The summed E-state index contributed by atoms with van der Waals surface area (Å²) in [6.45, 7) is 7.44. The highest BCUT2D eigenvalue weighted by atomic mass is 16.6. The summed E-state index contributed by atoms with van der Waals surface area (Å²) < 4.78 is 26.8. The monoisotopic (exact) mass is 588 g/mol. The van der Waals surface area contributed by atoms with Gasteiger partial charge in [0.25, 0.3) is 0 Å². The molecule has 0 aliphatic rings. The van der Waals surface area contributed by atoms with E-state index in [1.165, 1.54) is 6.08 Å². The van der Waals surface area contributed by atoms with Crippen molar-refractivity contribution in [3.63, 3.8) is 0 Å². The van der Waals surface area contributed by atoms with Crippen LogP contribution in [0.3, 0.4) is 0 Å². The van der Waals surface area contributed by atoms with Crippen molar-refractivity contribution in [1.82, 2.24) is 0 Å². The number of hydrogen-bond donors (Lipinski definition) is 0. The van der Waals surface area contributed by atoms with Gasteiger partial charge in [0.1, 0.15) is 24.7 Å². The Morgan fingerprint density at radius 2 is 1.35 bits per heavy atom. The van der Waals surface area contributed by atoms with E-state index < -0.39 is 5.97 Å². The normalized spacial score (nSPS) is 11.6. The highest BCUT2D eigenvalue weighted by molar-refractivity contribution is 5.91. The van der Waals surface area contributed by atoms with Gasteiger partial charge in [-0.05, 0) is 72.0 Å². The molecule has 8 heteroatoms. The third kappa shape index (κ3) is 11.8. The molecule has 0 N–H and O–H groups in total. The minimum Gasteiger partial charge on any atom is -0.491 e. The summed E-state index contributed by atoms with van der Waals surface area (Å²) in [5.41, 5.74) is 3.25. The minimum absolute atomic E-state index is 0.108. The van der Waals surface area contributed by atoms with E-state index in [1.54, 1.807) is 42.5 Å². The molecule has 0 saturated carbocycles. The number of esters is 3. The van der Waals surface area contributed by atoms with Gasteiger partial charge in [-0.3, -0.25) is 4.79 Å². The van der Waals surface area contributed by atoms with Crippen molar-refractivity contribution in [2.45, 2.75) is 40.0 Å². The quantitative estimate of drug-likeness (QED) is 0.0726. The van der Waals surface area contributed by atoms with Gasteiger partial charge in [-0.2, -0.15) is 0 Å². The number of hydrogen-bond acceptors (Lipinski definition) is 8. The molecule has 0 aliphatic heterocycles. The van der Waals surface area contributed by atoms with Gasteiger partial charge in [0.2, 0.25) is 0 Å². The van der Waals surface area contributed by atoms with Crippen LogP contribution in [0, 0.1) is 5.92 Å². The highest BCUT2D eigenvalue weighted by Gasteiger charge is 2.12. The van der Waals surface area contributed by atoms with Gasteiger partial charge in [0, 0.05) is 6.08 Å².